The molecule has 2 unspecified atom stereocenters. The Balaban J connectivity index is 2.35. The van der Waals surface area contributed by atoms with Crippen LogP contribution in [0.5, 0.6) is 0 Å². The molecule has 0 aliphatic heterocycles. The molecule has 0 saturated heterocycles. The number of hydrogen-bond donors (Lipinski definition) is 0. The lowest BCUT2D eigenvalue weighted by molar-refractivity contribution is 0.261. The highest BCUT2D eigenvalue weighted by molar-refractivity contribution is 7.19. The van der Waals surface area contributed by atoms with Crippen molar-refractivity contribution in [2.45, 2.75) is 82.7 Å². The third-order valence-electron chi connectivity index (χ3n) is 4.38. The first-order valence-corrected chi connectivity index (χ1v) is 7.89. The molecule has 0 heterocycles. The average molecular weight is 241 g/mol. The van der Waals surface area contributed by atoms with E-state index in [4.69, 9.17) is 0 Å². The van der Waals surface area contributed by atoms with E-state index < -0.39 is 0 Å². The molecule has 1 saturated carbocycles. The summed E-state index contributed by atoms with van der Waals surface area (Å²) in [7, 11) is 3.18. The Morgan fingerprint density at radius 1 is 1.12 bits per heavy atom. The van der Waals surface area contributed by atoms with Crippen LogP contribution in [-0.2, 0) is 0 Å². The van der Waals surface area contributed by atoms with Crippen molar-refractivity contribution in [3.05, 3.63) is 6.92 Å². The zero-order chi connectivity index (χ0) is 11.9. The highest BCUT2D eigenvalue weighted by Crippen LogP contribution is 2.44. The Morgan fingerprint density at radius 2 is 1.81 bits per heavy atom. The third kappa shape index (κ3) is 4.36. The van der Waals surface area contributed by atoms with Crippen LogP contribution in [-0.4, -0.2) is 5.16 Å². The van der Waals surface area contributed by atoms with Gasteiger partial charge in [0, 0.05) is 0 Å². The van der Waals surface area contributed by atoms with Gasteiger partial charge in [-0.25, -0.2) is 0 Å². The standard InChI is InChI=1S/C15H30P/c1-3-5-6-10-13-15(16,4-2)14-11-8-7-9-12-14/h14H,2-13,16H2,1H3. The summed E-state index contributed by atoms with van der Waals surface area (Å²) in [5.41, 5.74) is 0. The molecule has 1 radical (unpaired) electrons. The zero-order valence-electron chi connectivity index (χ0n) is 11.1. The Morgan fingerprint density at radius 3 is 2.38 bits per heavy atom. The molecule has 1 heteroatoms. The van der Waals surface area contributed by atoms with E-state index in [0.29, 0.717) is 5.16 Å². The molecule has 0 N–H and O–H groups in total. The molecule has 2 atom stereocenters. The fourth-order valence-corrected chi connectivity index (χ4v) is 3.63. The first-order chi connectivity index (χ1) is 7.73. The molecule has 1 rings (SSSR count). The van der Waals surface area contributed by atoms with Gasteiger partial charge >= 0.3 is 0 Å². The molecule has 95 valence electrons. The lowest BCUT2D eigenvalue weighted by Crippen LogP contribution is -2.32. The molecular formula is C15H30P. The summed E-state index contributed by atoms with van der Waals surface area (Å²) in [6.07, 6.45) is 15.3. The van der Waals surface area contributed by atoms with E-state index in [2.05, 4.69) is 23.1 Å². The van der Waals surface area contributed by atoms with Crippen LogP contribution in [0.3, 0.4) is 0 Å². The zero-order valence-corrected chi connectivity index (χ0v) is 12.3. The van der Waals surface area contributed by atoms with E-state index in [1.807, 2.05) is 0 Å². The van der Waals surface area contributed by atoms with Gasteiger partial charge < -0.3 is 0 Å². The van der Waals surface area contributed by atoms with Crippen molar-refractivity contribution in [1.82, 2.24) is 0 Å². The quantitative estimate of drug-likeness (QED) is 0.415. The maximum absolute atomic E-state index is 4.21. The fraction of sp³-hybridized carbons (Fsp3) is 0.933. The predicted octanol–water partition coefficient (Wildman–Crippen LogP) is 5.38. The number of hydrogen-bond acceptors (Lipinski definition) is 0. The second-order valence-electron chi connectivity index (χ2n) is 5.63. The van der Waals surface area contributed by atoms with Crippen LogP contribution in [0, 0.1) is 12.8 Å². The minimum atomic E-state index is 0.466. The largest absolute Gasteiger partial charge is 0.131 e. The highest BCUT2D eigenvalue weighted by Gasteiger charge is 2.32. The van der Waals surface area contributed by atoms with Crippen molar-refractivity contribution < 1.29 is 0 Å². The molecule has 0 aromatic rings. The van der Waals surface area contributed by atoms with Crippen LogP contribution < -0.4 is 0 Å². The van der Waals surface area contributed by atoms with Crippen LogP contribution >= 0.6 is 9.24 Å². The maximum atomic E-state index is 4.21. The van der Waals surface area contributed by atoms with Crippen molar-refractivity contribution in [1.29, 1.82) is 0 Å². The van der Waals surface area contributed by atoms with Crippen LogP contribution in [0.4, 0.5) is 0 Å². The molecule has 0 spiro atoms. The lowest BCUT2D eigenvalue weighted by Gasteiger charge is -2.39. The predicted molar refractivity (Wildman–Crippen MR) is 77.7 cm³/mol. The first kappa shape index (κ1) is 14.5. The molecular weight excluding hydrogens is 211 g/mol. The molecule has 0 aromatic carbocycles. The Hall–Kier alpha value is 0.430. The monoisotopic (exact) mass is 241 g/mol. The molecule has 0 aromatic heterocycles. The van der Waals surface area contributed by atoms with Gasteiger partial charge in [0.2, 0.25) is 0 Å². The molecule has 16 heavy (non-hydrogen) atoms. The Labute approximate surface area is 105 Å². The van der Waals surface area contributed by atoms with Gasteiger partial charge in [-0.15, -0.1) is 9.24 Å². The van der Waals surface area contributed by atoms with Crippen LogP contribution in [0.2, 0.25) is 0 Å². The number of rotatable bonds is 7. The Bertz CT molecular complexity index is 172. The van der Waals surface area contributed by atoms with Gasteiger partial charge in [-0.1, -0.05) is 58.8 Å². The molecule has 0 nitrogen and oxygen atoms in total. The second-order valence-corrected chi connectivity index (χ2v) is 6.78. The topological polar surface area (TPSA) is 0 Å². The summed E-state index contributed by atoms with van der Waals surface area (Å²) < 4.78 is 0. The van der Waals surface area contributed by atoms with Crippen LogP contribution in [0.15, 0.2) is 0 Å². The molecule has 1 aliphatic rings. The van der Waals surface area contributed by atoms with Crippen molar-refractivity contribution in [2.75, 3.05) is 0 Å². The maximum Gasteiger partial charge on any atom is -0.0122 e. The lowest BCUT2D eigenvalue weighted by atomic mass is 9.76. The molecule has 1 fully saturated rings. The van der Waals surface area contributed by atoms with Gasteiger partial charge in [-0.05, 0) is 36.8 Å². The van der Waals surface area contributed by atoms with E-state index in [1.54, 1.807) is 0 Å². The average Bonchev–Trinajstić information content (AvgIpc) is 2.35. The SMILES string of the molecule is [CH2]CC(P)(CCCCCC)C1CCCCC1. The van der Waals surface area contributed by atoms with Crippen molar-refractivity contribution in [3.8, 4) is 0 Å². The summed E-state index contributed by atoms with van der Waals surface area (Å²) in [6, 6.07) is 0. The van der Waals surface area contributed by atoms with E-state index in [0.717, 1.165) is 12.3 Å². The van der Waals surface area contributed by atoms with Gasteiger partial charge in [0.05, 0.1) is 0 Å². The van der Waals surface area contributed by atoms with E-state index in [-0.39, 0.29) is 0 Å². The number of unbranched alkanes of at least 4 members (excludes halogenated alkanes) is 3. The van der Waals surface area contributed by atoms with Crippen LogP contribution in [0.25, 0.3) is 0 Å². The highest BCUT2D eigenvalue weighted by atomic mass is 31.0. The minimum Gasteiger partial charge on any atom is -0.131 e. The fourth-order valence-electron chi connectivity index (χ4n) is 3.09. The van der Waals surface area contributed by atoms with Gasteiger partial charge in [0.25, 0.3) is 0 Å². The first-order valence-electron chi connectivity index (χ1n) is 7.31. The van der Waals surface area contributed by atoms with Crippen molar-refractivity contribution in [2.24, 2.45) is 5.92 Å². The van der Waals surface area contributed by atoms with E-state index in [1.165, 1.54) is 64.2 Å². The molecule has 0 bridgehead atoms. The van der Waals surface area contributed by atoms with Gasteiger partial charge in [-0.3, -0.25) is 0 Å². The van der Waals surface area contributed by atoms with Gasteiger partial charge in [0.1, 0.15) is 0 Å². The summed E-state index contributed by atoms with van der Waals surface area (Å²) in [5.74, 6) is 0.936. The third-order valence-corrected chi connectivity index (χ3v) is 5.43. The molecule has 0 amide bonds. The second kappa shape index (κ2) is 7.70. The van der Waals surface area contributed by atoms with Crippen LogP contribution in [0.1, 0.15) is 77.6 Å². The summed E-state index contributed by atoms with van der Waals surface area (Å²) in [6.45, 7) is 6.50. The summed E-state index contributed by atoms with van der Waals surface area (Å²) in [4.78, 5) is 0. The van der Waals surface area contributed by atoms with E-state index in [9.17, 15) is 0 Å². The van der Waals surface area contributed by atoms with Crippen molar-refractivity contribution >= 4 is 9.24 Å². The summed E-state index contributed by atoms with van der Waals surface area (Å²) in [5, 5.41) is 0.466. The van der Waals surface area contributed by atoms with E-state index >= 15 is 0 Å². The summed E-state index contributed by atoms with van der Waals surface area (Å²) >= 11 is 0. The minimum absolute atomic E-state index is 0.466. The molecule has 1 aliphatic carbocycles. The van der Waals surface area contributed by atoms with Gasteiger partial charge in [0.15, 0.2) is 0 Å². The van der Waals surface area contributed by atoms with Crippen molar-refractivity contribution in [3.63, 3.8) is 0 Å². The Kier molecular flexibility index (Phi) is 6.97. The smallest absolute Gasteiger partial charge is 0.0122 e. The van der Waals surface area contributed by atoms with Gasteiger partial charge in [-0.2, -0.15) is 0 Å². The normalized spacial score (nSPS) is 21.9.